The summed E-state index contributed by atoms with van der Waals surface area (Å²) < 4.78 is 20.6. The van der Waals surface area contributed by atoms with Gasteiger partial charge in [-0.2, -0.15) is 0 Å². The normalized spacial score (nSPS) is 10.1. The van der Waals surface area contributed by atoms with Crippen LogP contribution in [0.4, 0.5) is 0 Å². The zero-order valence-electron chi connectivity index (χ0n) is 14.0. The molecule has 0 unspecified atom stereocenters. The molecule has 0 radical (unpaired) electrons. The predicted molar refractivity (Wildman–Crippen MR) is 90.8 cm³/mol. The fourth-order valence-electron chi connectivity index (χ4n) is 1.90. The second-order valence-corrected chi connectivity index (χ2v) is 4.93. The molecule has 0 aliphatic carbocycles. The molecule has 0 atom stereocenters. The third-order valence-electron chi connectivity index (χ3n) is 3.09. The minimum atomic E-state index is -0.532. The summed E-state index contributed by atoms with van der Waals surface area (Å²) in [5, 5.41) is 0. The second-order valence-electron chi connectivity index (χ2n) is 4.93. The van der Waals surface area contributed by atoms with E-state index in [9.17, 15) is 9.59 Å². The molecule has 0 amide bonds. The van der Waals surface area contributed by atoms with E-state index in [-0.39, 0.29) is 13.2 Å². The molecule has 0 N–H and O–H groups in total. The maximum absolute atomic E-state index is 11.8. The summed E-state index contributed by atoms with van der Waals surface area (Å²) in [6.45, 7) is 2.79. The smallest absolute Gasteiger partial charge is 0.349 e. The third kappa shape index (κ3) is 6.64. The van der Waals surface area contributed by atoms with Crippen molar-refractivity contribution in [1.29, 1.82) is 0 Å². The lowest BCUT2D eigenvalue weighted by Gasteiger charge is -2.08. The van der Waals surface area contributed by atoms with Gasteiger partial charge < -0.3 is 18.9 Å². The van der Waals surface area contributed by atoms with Crippen molar-refractivity contribution in [3.63, 3.8) is 0 Å². The van der Waals surface area contributed by atoms with Crippen LogP contribution in [0.1, 0.15) is 17.3 Å². The maximum atomic E-state index is 11.8. The van der Waals surface area contributed by atoms with Gasteiger partial charge in [-0.3, -0.25) is 0 Å². The molecule has 0 spiro atoms. The van der Waals surface area contributed by atoms with Gasteiger partial charge >= 0.3 is 11.9 Å². The summed E-state index contributed by atoms with van der Waals surface area (Å²) in [5.41, 5.74) is 0.372. The van der Waals surface area contributed by atoms with E-state index in [4.69, 9.17) is 18.9 Å². The molecule has 0 saturated heterocycles. The number of rotatable bonds is 9. The number of para-hydroxylation sites is 1. The first kappa shape index (κ1) is 18.5. The Morgan fingerprint density at radius 1 is 0.880 bits per heavy atom. The Bertz CT molecular complexity index is 666. The van der Waals surface area contributed by atoms with E-state index >= 15 is 0 Å². The van der Waals surface area contributed by atoms with Crippen LogP contribution in [0.2, 0.25) is 0 Å². The largest absolute Gasteiger partial charge is 0.482 e. The van der Waals surface area contributed by atoms with Gasteiger partial charge in [-0.15, -0.1) is 0 Å². The highest BCUT2D eigenvalue weighted by molar-refractivity contribution is 5.89. The minimum Gasteiger partial charge on any atom is -0.482 e. The lowest BCUT2D eigenvalue weighted by atomic mass is 10.2. The topological polar surface area (TPSA) is 71.1 Å². The maximum Gasteiger partial charge on any atom is 0.349 e. The molecule has 0 bridgehead atoms. The van der Waals surface area contributed by atoms with Crippen LogP contribution in [-0.2, 0) is 14.3 Å². The number of benzene rings is 2. The van der Waals surface area contributed by atoms with Crippen LogP contribution in [0, 0.1) is 0 Å². The molecule has 6 heteroatoms. The minimum absolute atomic E-state index is 0.195. The number of carbonyl (C=O) groups excluding carboxylic acids is 2. The SMILES string of the molecule is CCOCCOC(=O)c1ccc(OC(=O)COc2ccccc2)cc1. The molecule has 25 heavy (non-hydrogen) atoms. The molecule has 6 nitrogen and oxygen atoms in total. The van der Waals surface area contributed by atoms with Crippen LogP contribution in [0.25, 0.3) is 0 Å². The van der Waals surface area contributed by atoms with Crippen LogP contribution in [0.15, 0.2) is 54.6 Å². The van der Waals surface area contributed by atoms with Gasteiger partial charge in [-0.1, -0.05) is 18.2 Å². The lowest BCUT2D eigenvalue weighted by molar-refractivity contribution is -0.136. The lowest BCUT2D eigenvalue weighted by Crippen LogP contribution is -2.17. The van der Waals surface area contributed by atoms with Crippen molar-refractivity contribution in [1.82, 2.24) is 0 Å². The van der Waals surface area contributed by atoms with Crippen LogP contribution >= 0.6 is 0 Å². The Balaban J connectivity index is 1.77. The van der Waals surface area contributed by atoms with Crippen LogP contribution in [0.3, 0.4) is 0 Å². The van der Waals surface area contributed by atoms with E-state index in [0.717, 1.165) is 0 Å². The molecule has 0 aliphatic rings. The average molecular weight is 344 g/mol. The predicted octanol–water partition coefficient (Wildman–Crippen LogP) is 2.86. The first-order valence-electron chi connectivity index (χ1n) is 7.92. The van der Waals surface area contributed by atoms with Crippen molar-refractivity contribution in [2.24, 2.45) is 0 Å². The summed E-state index contributed by atoms with van der Waals surface area (Å²) in [5.74, 6) is -0.0713. The second kappa shape index (κ2) is 10.1. The molecule has 2 aromatic rings. The Hall–Kier alpha value is -2.86. The van der Waals surface area contributed by atoms with Gasteiger partial charge in [0.15, 0.2) is 6.61 Å². The van der Waals surface area contributed by atoms with E-state index in [1.165, 1.54) is 24.3 Å². The van der Waals surface area contributed by atoms with Gasteiger partial charge in [0.25, 0.3) is 0 Å². The summed E-state index contributed by atoms with van der Waals surface area (Å²) >= 11 is 0. The van der Waals surface area contributed by atoms with Crippen LogP contribution < -0.4 is 9.47 Å². The highest BCUT2D eigenvalue weighted by Gasteiger charge is 2.09. The van der Waals surface area contributed by atoms with Gasteiger partial charge in [0, 0.05) is 6.61 Å². The first-order chi connectivity index (χ1) is 12.2. The zero-order chi connectivity index (χ0) is 17.9. The fourth-order valence-corrected chi connectivity index (χ4v) is 1.90. The highest BCUT2D eigenvalue weighted by atomic mass is 16.6. The van der Waals surface area contributed by atoms with Gasteiger partial charge in [-0.05, 0) is 43.3 Å². The molecular weight excluding hydrogens is 324 g/mol. The zero-order valence-corrected chi connectivity index (χ0v) is 14.0. The molecule has 0 heterocycles. The first-order valence-corrected chi connectivity index (χ1v) is 7.92. The van der Waals surface area contributed by atoms with E-state index in [1.54, 1.807) is 12.1 Å². The Morgan fingerprint density at radius 2 is 1.60 bits per heavy atom. The molecule has 0 saturated carbocycles. The Morgan fingerprint density at radius 3 is 2.28 bits per heavy atom. The summed E-state index contributed by atoms with van der Waals surface area (Å²) in [7, 11) is 0. The van der Waals surface area contributed by atoms with Crippen molar-refractivity contribution < 1.29 is 28.5 Å². The van der Waals surface area contributed by atoms with Crippen molar-refractivity contribution in [2.45, 2.75) is 6.92 Å². The van der Waals surface area contributed by atoms with Crippen molar-refractivity contribution in [3.8, 4) is 11.5 Å². The molecule has 0 aliphatic heterocycles. The van der Waals surface area contributed by atoms with Gasteiger partial charge in [0.05, 0.1) is 12.2 Å². The quantitative estimate of drug-likeness (QED) is 0.396. The van der Waals surface area contributed by atoms with Gasteiger partial charge in [-0.25, -0.2) is 9.59 Å². The monoisotopic (exact) mass is 344 g/mol. The summed E-state index contributed by atoms with van der Waals surface area (Å²) in [6.07, 6.45) is 0. The van der Waals surface area contributed by atoms with E-state index in [1.807, 2.05) is 25.1 Å². The van der Waals surface area contributed by atoms with E-state index in [0.29, 0.717) is 30.3 Å². The highest BCUT2D eigenvalue weighted by Crippen LogP contribution is 2.14. The standard InChI is InChI=1S/C19H20O6/c1-2-22-12-13-23-19(21)15-8-10-17(11-9-15)25-18(20)14-24-16-6-4-3-5-7-16/h3-11H,2,12-14H2,1H3. The number of carbonyl (C=O) groups is 2. The molecule has 0 fully saturated rings. The molecule has 2 aromatic carbocycles. The van der Waals surface area contributed by atoms with Crippen LogP contribution in [-0.4, -0.2) is 38.4 Å². The Labute approximate surface area is 146 Å². The number of hydrogen-bond donors (Lipinski definition) is 0. The van der Waals surface area contributed by atoms with E-state index in [2.05, 4.69) is 0 Å². The Kier molecular flexibility index (Phi) is 7.46. The van der Waals surface area contributed by atoms with E-state index < -0.39 is 11.9 Å². The van der Waals surface area contributed by atoms with Gasteiger partial charge in [0.1, 0.15) is 18.1 Å². The average Bonchev–Trinajstić information content (AvgIpc) is 2.65. The molecule has 2 rings (SSSR count). The van der Waals surface area contributed by atoms with Crippen molar-refractivity contribution in [2.75, 3.05) is 26.4 Å². The molecule has 132 valence electrons. The molecule has 0 aromatic heterocycles. The third-order valence-corrected chi connectivity index (χ3v) is 3.09. The van der Waals surface area contributed by atoms with Gasteiger partial charge in [0.2, 0.25) is 0 Å². The number of hydrogen-bond acceptors (Lipinski definition) is 6. The summed E-state index contributed by atoms with van der Waals surface area (Å²) in [4.78, 5) is 23.5. The number of esters is 2. The fraction of sp³-hybridized carbons (Fsp3) is 0.263. The number of ether oxygens (including phenoxy) is 4. The van der Waals surface area contributed by atoms with Crippen LogP contribution in [0.5, 0.6) is 11.5 Å². The van der Waals surface area contributed by atoms with Crippen molar-refractivity contribution in [3.05, 3.63) is 60.2 Å². The summed E-state index contributed by atoms with van der Waals surface area (Å²) in [6, 6.07) is 15.1. The molecular formula is C19H20O6. The van der Waals surface area contributed by atoms with Crippen molar-refractivity contribution >= 4 is 11.9 Å².